The molecule has 11 heteroatoms. The Kier molecular flexibility index (Phi) is 4.98. The van der Waals surface area contributed by atoms with Gasteiger partial charge in [-0.15, -0.1) is 0 Å². The highest BCUT2D eigenvalue weighted by Gasteiger charge is 2.25. The number of aromatic amines is 1. The lowest BCUT2D eigenvalue weighted by atomic mass is 10.2. The predicted octanol–water partition coefficient (Wildman–Crippen LogP) is 2.76. The van der Waals surface area contributed by atoms with Crippen LogP contribution in [0.2, 0.25) is 0 Å². The van der Waals surface area contributed by atoms with Crippen molar-refractivity contribution in [3.63, 3.8) is 0 Å². The monoisotopic (exact) mass is 465 g/mol. The SMILES string of the molecule is CNS(=O)(=O)c1ccc(N2CCCC2C)c(Nc2ncnc3[nH]nc(Br)c23)c1. The molecule has 28 heavy (non-hydrogen) atoms. The Morgan fingerprint density at radius 3 is 2.86 bits per heavy atom. The van der Waals surface area contributed by atoms with Gasteiger partial charge in [-0.25, -0.2) is 23.1 Å². The number of anilines is 3. The van der Waals surface area contributed by atoms with Gasteiger partial charge in [0.2, 0.25) is 10.0 Å². The number of nitrogens with zero attached hydrogens (tertiary/aromatic N) is 4. The van der Waals surface area contributed by atoms with Gasteiger partial charge in [0.1, 0.15) is 16.7 Å². The zero-order chi connectivity index (χ0) is 19.9. The van der Waals surface area contributed by atoms with Crippen molar-refractivity contribution in [3.05, 3.63) is 29.1 Å². The van der Waals surface area contributed by atoms with Gasteiger partial charge in [-0.2, -0.15) is 5.10 Å². The molecule has 1 aromatic carbocycles. The number of halogens is 1. The molecular weight excluding hydrogens is 446 g/mol. The maximum atomic E-state index is 12.3. The molecule has 1 aliphatic rings. The number of sulfonamides is 1. The Bertz CT molecular complexity index is 1130. The molecule has 148 valence electrons. The van der Waals surface area contributed by atoms with Crippen molar-refractivity contribution in [3.8, 4) is 0 Å². The van der Waals surface area contributed by atoms with E-state index in [9.17, 15) is 8.42 Å². The van der Waals surface area contributed by atoms with Crippen molar-refractivity contribution >= 4 is 54.2 Å². The summed E-state index contributed by atoms with van der Waals surface area (Å²) in [5, 5.41) is 10.9. The fourth-order valence-electron chi connectivity index (χ4n) is 3.49. The first-order valence-electron chi connectivity index (χ1n) is 8.86. The number of nitrogens with one attached hydrogen (secondary N) is 3. The standard InChI is InChI=1S/C17H20BrN7O2S/c1-10-4-3-7-25(10)13-6-5-11(28(26,27)19-2)8-12(13)22-16-14-15(18)23-24-17(14)21-9-20-16/h5-6,8-10,19H,3-4,7H2,1-2H3,(H2,20,21,22,23,24). The van der Waals surface area contributed by atoms with Crippen LogP contribution in [0.5, 0.6) is 0 Å². The van der Waals surface area contributed by atoms with Gasteiger partial charge in [-0.3, -0.25) is 5.10 Å². The molecule has 0 amide bonds. The van der Waals surface area contributed by atoms with E-state index >= 15 is 0 Å². The van der Waals surface area contributed by atoms with Gasteiger partial charge in [0, 0.05) is 12.6 Å². The summed E-state index contributed by atoms with van der Waals surface area (Å²) < 4.78 is 27.6. The van der Waals surface area contributed by atoms with E-state index in [4.69, 9.17) is 0 Å². The van der Waals surface area contributed by atoms with Gasteiger partial charge in [-0.05, 0) is 60.9 Å². The number of hydrogen-bond donors (Lipinski definition) is 3. The van der Waals surface area contributed by atoms with Crippen molar-refractivity contribution in [1.82, 2.24) is 24.9 Å². The van der Waals surface area contributed by atoms with Crippen molar-refractivity contribution in [2.75, 3.05) is 23.8 Å². The first kappa shape index (κ1) is 19.1. The Balaban J connectivity index is 1.85. The first-order valence-corrected chi connectivity index (χ1v) is 11.1. The van der Waals surface area contributed by atoms with Gasteiger partial charge in [0.25, 0.3) is 0 Å². The molecule has 0 spiro atoms. The zero-order valence-electron chi connectivity index (χ0n) is 15.4. The molecule has 0 aliphatic carbocycles. The van der Waals surface area contributed by atoms with Gasteiger partial charge in [-0.1, -0.05) is 0 Å². The van der Waals surface area contributed by atoms with Crippen LogP contribution in [0.15, 0.2) is 34.0 Å². The largest absolute Gasteiger partial charge is 0.367 e. The van der Waals surface area contributed by atoms with Crippen LogP contribution in [0.3, 0.4) is 0 Å². The summed E-state index contributed by atoms with van der Waals surface area (Å²) in [5.41, 5.74) is 2.18. The molecule has 1 unspecified atom stereocenters. The minimum atomic E-state index is -3.58. The van der Waals surface area contributed by atoms with Crippen LogP contribution in [-0.2, 0) is 10.0 Å². The number of H-pyrrole nitrogens is 1. The lowest BCUT2D eigenvalue weighted by Crippen LogP contribution is -2.27. The summed E-state index contributed by atoms with van der Waals surface area (Å²) in [7, 11) is -2.18. The van der Waals surface area contributed by atoms with E-state index in [1.807, 2.05) is 6.07 Å². The van der Waals surface area contributed by atoms with E-state index in [2.05, 4.69) is 58.0 Å². The molecule has 3 N–H and O–H groups in total. The number of benzene rings is 1. The summed E-state index contributed by atoms with van der Waals surface area (Å²) in [6.07, 6.45) is 3.63. The van der Waals surface area contributed by atoms with E-state index in [1.165, 1.54) is 13.4 Å². The fourth-order valence-corrected chi connectivity index (χ4v) is 4.71. The second-order valence-electron chi connectivity index (χ2n) is 6.66. The maximum Gasteiger partial charge on any atom is 0.240 e. The highest BCUT2D eigenvalue weighted by molar-refractivity contribution is 9.10. The molecule has 1 saturated heterocycles. The van der Waals surface area contributed by atoms with Crippen LogP contribution < -0.4 is 14.9 Å². The topological polar surface area (TPSA) is 116 Å². The molecular formula is C17H20BrN7O2S. The summed E-state index contributed by atoms with van der Waals surface area (Å²) in [6.45, 7) is 3.09. The highest BCUT2D eigenvalue weighted by atomic mass is 79.9. The minimum absolute atomic E-state index is 0.185. The number of aromatic nitrogens is 4. The number of fused-ring (bicyclic) bond motifs is 1. The normalized spacial score (nSPS) is 17.4. The summed E-state index contributed by atoms with van der Waals surface area (Å²) >= 11 is 3.40. The fraction of sp³-hybridized carbons (Fsp3) is 0.353. The second kappa shape index (κ2) is 7.30. The molecule has 4 rings (SSSR count). The molecule has 3 aromatic rings. The molecule has 1 atom stereocenters. The molecule has 0 bridgehead atoms. The van der Waals surface area contributed by atoms with Crippen molar-refractivity contribution in [2.45, 2.75) is 30.7 Å². The summed E-state index contributed by atoms with van der Waals surface area (Å²) in [6, 6.07) is 5.48. The van der Waals surface area contributed by atoms with E-state index in [-0.39, 0.29) is 4.90 Å². The van der Waals surface area contributed by atoms with Gasteiger partial charge in [0.15, 0.2) is 5.65 Å². The molecule has 0 radical (unpaired) electrons. The lowest BCUT2D eigenvalue weighted by Gasteiger charge is -2.27. The quantitative estimate of drug-likeness (QED) is 0.530. The third kappa shape index (κ3) is 3.33. The van der Waals surface area contributed by atoms with Crippen LogP contribution in [0.1, 0.15) is 19.8 Å². The smallest absolute Gasteiger partial charge is 0.240 e. The summed E-state index contributed by atoms with van der Waals surface area (Å²) in [5.74, 6) is 0.540. The van der Waals surface area contributed by atoms with Crippen molar-refractivity contribution in [2.24, 2.45) is 0 Å². The van der Waals surface area contributed by atoms with Crippen LogP contribution >= 0.6 is 15.9 Å². The van der Waals surface area contributed by atoms with Crippen LogP contribution in [0.4, 0.5) is 17.2 Å². The highest BCUT2D eigenvalue weighted by Crippen LogP contribution is 2.37. The molecule has 1 aliphatic heterocycles. The van der Waals surface area contributed by atoms with Gasteiger partial charge >= 0.3 is 0 Å². The lowest BCUT2D eigenvalue weighted by molar-refractivity contribution is 0.588. The number of rotatable bonds is 5. The predicted molar refractivity (Wildman–Crippen MR) is 111 cm³/mol. The maximum absolute atomic E-state index is 12.3. The van der Waals surface area contributed by atoms with Crippen LogP contribution in [0, 0.1) is 0 Å². The third-order valence-electron chi connectivity index (χ3n) is 4.98. The Morgan fingerprint density at radius 2 is 2.14 bits per heavy atom. The number of hydrogen-bond acceptors (Lipinski definition) is 7. The molecule has 0 saturated carbocycles. The Labute approximate surface area is 171 Å². The van der Waals surface area contributed by atoms with Crippen LogP contribution in [-0.4, -0.2) is 48.2 Å². The minimum Gasteiger partial charge on any atom is -0.367 e. The first-order chi connectivity index (χ1) is 13.4. The van der Waals surface area contributed by atoms with E-state index in [0.29, 0.717) is 33.2 Å². The third-order valence-corrected chi connectivity index (χ3v) is 6.96. The van der Waals surface area contributed by atoms with Crippen molar-refractivity contribution in [1.29, 1.82) is 0 Å². The Hall–Kier alpha value is -2.24. The van der Waals surface area contributed by atoms with Gasteiger partial charge < -0.3 is 10.2 Å². The molecule has 3 heterocycles. The summed E-state index contributed by atoms with van der Waals surface area (Å²) in [4.78, 5) is 11.0. The molecule has 1 fully saturated rings. The average molecular weight is 466 g/mol. The molecule has 9 nitrogen and oxygen atoms in total. The second-order valence-corrected chi connectivity index (χ2v) is 9.29. The zero-order valence-corrected chi connectivity index (χ0v) is 17.8. The average Bonchev–Trinajstić information content (AvgIpc) is 3.28. The van der Waals surface area contributed by atoms with Crippen molar-refractivity contribution < 1.29 is 8.42 Å². The van der Waals surface area contributed by atoms with E-state index in [1.54, 1.807) is 12.1 Å². The van der Waals surface area contributed by atoms with E-state index < -0.39 is 10.0 Å². The van der Waals surface area contributed by atoms with Gasteiger partial charge in [0.05, 0.1) is 21.7 Å². The molecule has 2 aromatic heterocycles. The van der Waals surface area contributed by atoms with E-state index in [0.717, 1.165) is 25.1 Å². The van der Waals surface area contributed by atoms with Crippen LogP contribution in [0.25, 0.3) is 11.0 Å². The Morgan fingerprint density at radius 1 is 1.32 bits per heavy atom.